The van der Waals surface area contributed by atoms with Crippen LogP contribution in [0.4, 0.5) is 0 Å². The molecule has 1 N–H and O–H groups in total. The van der Waals surface area contributed by atoms with Gasteiger partial charge in [0.25, 0.3) is 0 Å². The molecule has 1 unspecified atom stereocenters. The fourth-order valence-electron chi connectivity index (χ4n) is 3.28. The predicted molar refractivity (Wildman–Crippen MR) is 98.6 cm³/mol. The van der Waals surface area contributed by atoms with Crippen molar-refractivity contribution in [2.45, 2.75) is 58.3 Å². The summed E-state index contributed by atoms with van der Waals surface area (Å²) in [6, 6.07) is 0. The van der Waals surface area contributed by atoms with Gasteiger partial charge in [-0.25, -0.2) is 0 Å². The largest absolute Gasteiger partial charge is 0.374 e. The third kappa shape index (κ3) is 6.57. The smallest absolute Gasteiger partial charge is 0.194 e. The van der Waals surface area contributed by atoms with E-state index in [-0.39, 0.29) is 11.7 Å². The van der Waals surface area contributed by atoms with Gasteiger partial charge in [0.2, 0.25) is 0 Å². The first-order valence-electron chi connectivity index (χ1n) is 9.38. The van der Waals surface area contributed by atoms with E-state index in [0.717, 1.165) is 64.7 Å². The van der Waals surface area contributed by atoms with Crippen molar-refractivity contribution in [3.63, 3.8) is 0 Å². The quantitative estimate of drug-likeness (QED) is 0.622. The van der Waals surface area contributed by atoms with Crippen molar-refractivity contribution in [2.75, 3.05) is 52.9 Å². The third-order valence-corrected chi connectivity index (χ3v) is 4.38. The Bertz CT molecular complexity index is 400. The fraction of sp³-hybridized carbons (Fsp3) is 0.944. The molecule has 0 spiro atoms. The van der Waals surface area contributed by atoms with E-state index in [1.54, 1.807) is 0 Å². The van der Waals surface area contributed by atoms with E-state index in [1.165, 1.54) is 0 Å². The Morgan fingerprint density at radius 3 is 2.54 bits per heavy atom. The van der Waals surface area contributed by atoms with Crippen LogP contribution in [0.3, 0.4) is 0 Å². The standard InChI is InChI=1S/C18H36N4O2/c1-6-19-17(20-13-16-14-21(5)11-12-23-16)22-9-7-15(8-10-22)24-18(2,3)4/h15-16H,6-14H2,1-5H3,(H,19,20). The number of hydrogen-bond acceptors (Lipinski definition) is 4. The van der Waals surface area contributed by atoms with Crippen molar-refractivity contribution in [2.24, 2.45) is 4.99 Å². The summed E-state index contributed by atoms with van der Waals surface area (Å²) in [5, 5.41) is 3.43. The molecule has 0 aliphatic carbocycles. The maximum Gasteiger partial charge on any atom is 0.194 e. The number of nitrogens with zero attached hydrogens (tertiary/aromatic N) is 3. The van der Waals surface area contributed by atoms with E-state index in [9.17, 15) is 0 Å². The van der Waals surface area contributed by atoms with Gasteiger partial charge in [0, 0.05) is 32.7 Å². The number of piperidine rings is 1. The molecule has 2 aliphatic heterocycles. The minimum atomic E-state index is -0.0597. The van der Waals surface area contributed by atoms with Crippen LogP contribution in [0.2, 0.25) is 0 Å². The molecule has 0 radical (unpaired) electrons. The molecule has 6 nitrogen and oxygen atoms in total. The molecular formula is C18H36N4O2. The number of likely N-dealkylation sites (N-methyl/N-ethyl adjacent to an activating group) is 1. The van der Waals surface area contributed by atoms with Crippen molar-refractivity contribution in [3.05, 3.63) is 0 Å². The van der Waals surface area contributed by atoms with E-state index >= 15 is 0 Å². The van der Waals surface area contributed by atoms with Gasteiger partial charge < -0.3 is 24.6 Å². The van der Waals surface area contributed by atoms with E-state index in [1.807, 2.05) is 0 Å². The SMILES string of the molecule is CCNC(=NCC1CN(C)CCO1)N1CCC(OC(C)(C)C)CC1. The van der Waals surface area contributed by atoms with Crippen LogP contribution in [0.15, 0.2) is 4.99 Å². The summed E-state index contributed by atoms with van der Waals surface area (Å²) >= 11 is 0. The molecule has 2 heterocycles. The van der Waals surface area contributed by atoms with Crippen LogP contribution in [0.25, 0.3) is 0 Å². The molecule has 0 bridgehead atoms. The lowest BCUT2D eigenvalue weighted by Gasteiger charge is -2.37. The molecule has 2 rings (SSSR count). The van der Waals surface area contributed by atoms with Gasteiger partial charge in [0.1, 0.15) is 0 Å². The van der Waals surface area contributed by atoms with E-state index in [0.29, 0.717) is 6.10 Å². The highest BCUT2D eigenvalue weighted by molar-refractivity contribution is 5.80. The topological polar surface area (TPSA) is 49.3 Å². The third-order valence-electron chi connectivity index (χ3n) is 4.38. The Balaban J connectivity index is 1.85. The summed E-state index contributed by atoms with van der Waals surface area (Å²) in [5.41, 5.74) is -0.0597. The van der Waals surface area contributed by atoms with Crippen molar-refractivity contribution in [1.29, 1.82) is 0 Å². The summed E-state index contributed by atoms with van der Waals surface area (Å²) in [7, 11) is 2.14. The van der Waals surface area contributed by atoms with Gasteiger partial charge in [-0.3, -0.25) is 4.99 Å². The lowest BCUT2D eigenvalue weighted by molar-refractivity contribution is -0.0773. The van der Waals surface area contributed by atoms with Gasteiger partial charge in [0.15, 0.2) is 5.96 Å². The second-order valence-electron chi connectivity index (χ2n) is 7.87. The molecule has 2 fully saturated rings. The number of rotatable bonds is 4. The second kappa shape index (κ2) is 9.02. The molecule has 0 amide bonds. The van der Waals surface area contributed by atoms with Crippen molar-refractivity contribution >= 4 is 5.96 Å². The van der Waals surface area contributed by atoms with Crippen molar-refractivity contribution in [3.8, 4) is 0 Å². The molecule has 24 heavy (non-hydrogen) atoms. The van der Waals surface area contributed by atoms with E-state index in [4.69, 9.17) is 14.5 Å². The van der Waals surface area contributed by atoms with Crippen LogP contribution in [-0.4, -0.2) is 86.5 Å². The molecule has 1 atom stereocenters. The maximum absolute atomic E-state index is 6.12. The Kier molecular flexibility index (Phi) is 7.32. The van der Waals surface area contributed by atoms with Gasteiger partial charge in [-0.1, -0.05) is 0 Å². The average Bonchev–Trinajstić information content (AvgIpc) is 2.51. The zero-order chi connectivity index (χ0) is 17.6. The van der Waals surface area contributed by atoms with Crippen molar-refractivity contribution in [1.82, 2.24) is 15.1 Å². The Hall–Kier alpha value is -0.850. The van der Waals surface area contributed by atoms with Gasteiger partial charge in [-0.2, -0.15) is 0 Å². The molecule has 2 aliphatic rings. The molecular weight excluding hydrogens is 304 g/mol. The maximum atomic E-state index is 6.12. The number of guanidine groups is 1. The molecule has 0 aromatic rings. The van der Waals surface area contributed by atoms with Crippen molar-refractivity contribution < 1.29 is 9.47 Å². The highest BCUT2D eigenvalue weighted by Gasteiger charge is 2.26. The average molecular weight is 341 g/mol. The van der Waals surface area contributed by atoms with Crippen LogP contribution < -0.4 is 5.32 Å². The normalized spacial score (nSPS) is 25.1. The summed E-state index contributed by atoms with van der Waals surface area (Å²) in [6.45, 7) is 14.9. The summed E-state index contributed by atoms with van der Waals surface area (Å²) in [4.78, 5) is 9.50. The fourth-order valence-corrected chi connectivity index (χ4v) is 3.28. The van der Waals surface area contributed by atoms with Crippen LogP contribution in [0.5, 0.6) is 0 Å². The summed E-state index contributed by atoms with van der Waals surface area (Å²) in [6.07, 6.45) is 2.69. The van der Waals surface area contributed by atoms with Crippen LogP contribution in [-0.2, 0) is 9.47 Å². The first kappa shape index (κ1) is 19.5. The summed E-state index contributed by atoms with van der Waals surface area (Å²) < 4.78 is 11.9. The van der Waals surface area contributed by atoms with Crippen LogP contribution in [0, 0.1) is 0 Å². The van der Waals surface area contributed by atoms with Gasteiger partial charge in [-0.05, 0) is 47.6 Å². The first-order chi connectivity index (χ1) is 11.4. The van der Waals surface area contributed by atoms with Crippen LogP contribution in [0.1, 0.15) is 40.5 Å². The number of likely N-dealkylation sites (tertiary alicyclic amines) is 1. The molecule has 0 saturated carbocycles. The zero-order valence-electron chi connectivity index (χ0n) is 16.2. The van der Waals surface area contributed by atoms with Gasteiger partial charge >= 0.3 is 0 Å². The van der Waals surface area contributed by atoms with Gasteiger partial charge in [0.05, 0.1) is 31.0 Å². The number of nitrogens with one attached hydrogen (secondary N) is 1. The number of morpholine rings is 1. The second-order valence-corrected chi connectivity index (χ2v) is 7.87. The summed E-state index contributed by atoms with van der Waals surface area (Å²) in [5.74, 6) is 1.02. The molecule has 6 heteroatoms. The zero-order valence-corrected chi connectivity index (χ0v) is 16.2. The molecule has 140 valence electrons. The Labute approximate surface area is 147 Å². The number of ether oxygens (including phenoxy) is 2. The highest BCUT2D eigenvalue weighted by Crippen LogP contribution is 2.20. The minimum Gasteiger partial charge on any atom is -0.374 e. The Morgan fingerprint density at radius 2 is 1.96 bits per heavy atom. The molecule has 0 aromatic heterocycles. The van der Waals surface area contributed by atoms with E-state index in [2.05, 4.69) is 49.9 Å². The minimum absolute atomic E-state index is 0.0597. The number of hydrogen-bond donors (Lipinski definition) is 1. The predicted octanol–water partition coefficient (Wildman–Crippen LogP) is 1.56. The van der Waals surface area contributed by atoms with E-state index < -0.39 is 0 Å². The lowest BCUT2D eigenvalue weighted by Crippen LogP contribution is -2.48. The van der Waals surface area contributed by atoms with Gasteiger partial charge in [-0.15, -0.1) is 0 Å². The number of aliphatic imine (C=N–C) groups is 1. The monoisotopic (exact) mass is 340 g/mol. The highest BCUT2D eigenvalue weighted by atomic mass is 16.5. The van der Waals surface area contributed by atoms with Crippen LogP contribution >= 0.6 is 0 Å². The first-order valence-corrected chi connectivity index (χ1v) is 9.38. The molecule has 0 aromatic carbocycles. The Morgan fingerprint density at radius 1 is 1.25 bits per heavy atom. The lowest BCUT2D eigenvalue weighted by atomic mass is 10.1. The molecule has 2 saturated heterocycles.